The first-order valence-corrected chi connectivity index (χ1v) is 6.60. The van der Waals surface area contributed by atoms with E-state index >= 15 is 0 Å². The molecule has 1 aromatic heterocycles. The fourth-order valence-corrected chi connectivity index (χ4v) is 2.32. The molecule has 100 valence electrons. The van der Waals surface area contributed by atoms with Crippen LogP contribution >= 0.6 is 23.2 Å². The first kappa shape index (κ1) is 14.0. The van der Waals surface area contributed by atoms with Crippen molar-refractivity contribution in [2.45, 2.75) is 26.3 Å². The Kier molecular flexibility index (Phi) is 4.22. The van der Waals surface area contributed by atoms with Crippen LogP contribution in [0.4, 0.5) is 0 Å². The quantitative estimate of drug-likeness (QED) is 0.810. The van der Waals surface area contributed by atoms with Gasteiger partial charge in [0.05, 0.1) is 6.42 Å². The Morgan fingerprint density at radius 1 is 1.26 bits per heavy atom. The molecule has 1 aromatic carbocycles. The second-order valence-corrected chi connectivity index (χ2v) is 5.35. The van der Waals surface area contributed by atoms with E-state index in [0.717, 1.165) is 0 Å². The van der Waals surface area contributed by atoms with Crippen LogP contribution in [0.25, 0.3) is 0 Å². The molecule has 0 fully saturated rings. The minimum atomic E-state index is -0.0840. The summed E-state index contributed by atoms with van der Waals surface area (Å²) < 4.78 is 1.73. The molecule has 2 rings (SSSR count). The summed E-state index contributed by atoms with van der Waals surface area (Å²) in [6, 6.07) is 4.96. The van der Waals surface area contributed by atoms with Crippen molar-refractivity contribution in [1.82, 2.24) is 14.8 Å². The van der Waals surface area contributed by atoms with Crippen LogP contribution in [0, 0.1) is 0 Å². The van der Waals surface area contributed by atoms with Crippen LogP contribution < -0.4 is 0 Å². The third-order valence-corrected chi connectivity index (χ3v) is 3.08. The molecule has 0 aliphatic heterocycles. The molecule has 0 bridgehead atoms. The topological polar surface area (TPSA) is 47.8 Å². The summed E-state index contributed by atoms with van der Waals surface area (Å²) >= 11 is 11.8. The summed E-state index contributed by atoms with van der Waals surface area (Å²) in [5.74, 6) is 0.551. The molecule has 4 nitrogen and oxygen atoms in total. The molecule has 0 aliphatic carbocycles. The number of nitrogens with zero attached hydrogens (tertiary/aromatic N) is 3. The first-order valence-electron chi connectivity index (χ1n) is 5.85. The number of hydrogen-bond donors (Lipinski definition) is 0. The Labute approximate surface area is 121 Å². The molecule has 0 amide bonds. The van der Waals surface area contributed by atoms with Gasteiger partial charge in [0, 0.05) is 21.7 Å². The third kappa shape index (κ3) is 3.33. The lowest BCUT2D eigenvalue weighted by molar-refractivity contribution is 0.0989. The van der Waals surface area contributed by atoms with Crippen LogP contribution in [-0.4, -0.2) is 20.5 Å². The Balaban J connectivity index is 2.23. The van der Waals surface area contributed by atoms with Crippen molar-refractivity contribution in [3.63, 3.8) is 0 Å². The average molecular weight is 298 g/mol. The van der Waals surface area contributed by atoms with Gasteiger partial charge in [-0.2, -0.15) is 5.10 Å². The molecule has 1 heterocycles. The van der Waals surface area contributed by atoms with E-state index in [4.69, 9.17) is 23.2 Å². The van der Waals surface area contributed by atoms with Crippen molar-refractivity contribution >= 4 is 29.0 Å². The molecule has 0 saturated carbocycles. The number of ketones is 1. The van der Waals surface area contributed by atoms with Gasteiger partial charge in [-0.3, -0.25) is 4.79 Å². The van der Waals surface area contributed by atoms with Crippen LogP contribution in [-0.2, 0) is 6.42 Å². The number of rotatable bonds is 4. The SMILES string of the molecule is CC(C)n1ncnc1CC(=O)c1cc(Cl)cc(Cl)c1. The second kappa shape index (κ2) is 5.72. The zero-order valence-electron chi connectivity index (χ0n) is 10.6. The summed E-state index contributed by atoms with van der Waals surface area (Å²) in [7, 11) is 0. The van der Waals surface area contributed by atoms with Crippen molar-refractivity contribution in [1.29, 1.82) is 0 Å². The minimum absolute atomic E-state index is 0.0840. The van der Waals surface area contributed by atoms with Gasteiger partial charge in [0.2, 0.25) is 0 Å². The summed E-state index contributed by atoms with van der Waals surface area (Å²) in [6.07, 6.45) is 1.63. The molecule has 0 aliphatic rings. The molecular weight excluding hydrogens is 285 g/mol. The number of Topliss-reactive ketones (excluding diaryl/α,β-unsaturated/α-hetero) is 1. The Morgan fingerprint density at radius 3 is 2.47 bits per heavy atom. The lowest BCUT2D eigenvalue weighted by Crippen LogP contribution is -2.13. The van der Waals surface area contributed by atoms with Crippen molar-refractivity contribution in [2.24, 2.45) is 0 Å². The summed E-state index contributed by atoms with van der Waals surface area (Å²) in [5, 5.41) is 4.99. The van der Waals surface area contributed by atoms with Gasteiger partial charge in [0.15, 0.2) is 5.78 Å². The van der Waals surface area contributed by atoms with Crippen molar-refractivity contribution < 1.29 is 4.79 Å². The maximum Gasteiger partial charge on any atom is 0.170 e. The molecule has 0 N–H and O–H groups in total. The molecule has 6 heteroatoms. The largest absolute Gasteiger partial charge is 0.294 e. The summed E-state index contributed by atoms with van der Waals surface area (Å²) in [5.41, 5.74) is 0.482. The van der Waals surface area contributed by atoms with Gasteiger partial charge in [-0.1, -0.05) is 23.2 Å². The molecule has 0 radical (unpaired) electrons. The fraction of sp³-hybridized carbons (Fsp3) is 0.308. The number of carbonyl (C=O) groups excluding carboxylic acids is 1. The Morgan fingerprint density at radius 2 is 1.89 bits per heavy atom. The van der Waals surface area contributed by atoms with Crippen LogP contribution in [0.1, 0.15) is 36.1 Å². The number of halogens is 2. The van der Waals surface area contributed by atoms with Gasteiger partial charge in [-0.25, -0.2) is 9.67 Å². The normalized spacial score (nSPS) is 11.0. The molecule has 2 aromatic rings. The summed E-state index contributed by atoms with van der Waals surface area (Å²) in [6.45, 7) is 3.97. The van der Waals surface area contributed by atoms with E-state index in [0.29, 0.717) is 21.4 Å². The van der Waals surface area contributed by atoms with Gasteiger partial charge in [-0.15, -0.1) is 0 Å². The van der Waals surface area contributed by atoms with Crippen molar-refractivity contribution in [3.8, 4) is 0 Å². The smallest absolute Gasteiger partial charge is 0.170 e. The lowest BCUT2D eigenvalue weighted by Gasteiger charge is -2.09. The number of hydrogen-bond acceptors (Lipinski definition) is 3. The zero-order chi connectivity index (χ0) is 14.0. The minimum Gasteiger partial charge on any atom is -0.294 e. The number of benzene rings is 1. The predicted octanol–water partition coefficient (Wildman–Crippen LogP) is 3.59. The fourth-order valence-electron chi connectivity index (χ4n) is 1.79. The maximum atomic E-state index is 12.2. The lowest BCUT2D eigenvalue weighted by atomic mass is 10.1. The van der Waals surface area contributed by atoms with Crippen LogP contribution in [0.3, 0.4) is 0 Å². The van der Waals surface area contributed by atoms with E-state index in [9.17, 15) is 4.79 Å². The van der Waals surface area contributed by atoms with Gasteiger partial charge in [0.1, 0.15) is 12.2 Å². The highest BCUT2D eigenvalue weighted by molar-refractivity contribution is 6.35. The molecule has 0 atom stereocenters. The maximum absolute atomic E-state index is 12.2. The molecular formula is C13H13Cl2N3O. The second-order valence-electron chi connectivity index (χ2n) is 4.47. The van der Waals surface area contributed by atoms with E-state index in [2.05, 4.69) is 10.1 Å². The standard InChI is InChI=1S/C13H13Cl2N3O/c1-8(2)18-13(16-7-17-18)6-12(19)9-3-10(14)5-11(15)4-9/h3-5,7-8H,6H2,1-2H3. The average Bonchev–Trinajstić information content (AvgIpc) is 2.75. The highest BCUT2D eigenvalue weighted by Gasteiger charge is 2.14. The number of aromatic nitrogens is 3. The zero-order valence-corrected chi connectivity index (χ0v) is 12.1. The van der Waals surface area contributed by atoms with Gasteiger partial charge >= 0.3 is 0 Å². The first-order chi connectivity index (χ1) is 8.97. The highest BCUT2D eigenvalue weighted by Crippen LogP contribution is 2.20. The van der Waals surface area contributed by atoms with Crippen LogP contribution in [0.2, 0.25) is 10.0 Å². The molecule has 0 unspecified atom stereocenters. The van der Waals surface area contributed by atoms with E-state index in [-0.39, 0.29) is 18.2 Å². The van der Waals surface area contributed by atoms with Gasteiger partial charge < -0.3 is 0 Å². The van der Waals surface area contributed by atoms with E-state index < -0.39 is 0 Å². The van der Waals surface area contributed by atoms with Crippen LogP contribution in [0.15, 0.2) is 24.5 Å². The summed E-state index contributed by atoms with van der Waals surface area (Å²) in [4.78, 5) is 16.3. The van der Waals surface area contributed by atoms with E-state index in [1.807, 2.05) is 13.8 Å². The van der Waals surface area contributed by atoms with Crippen molar-refractivity contribution in [3.05, 3.63) is 46.0 Å². The van der Waals surface area contributed by atoms with Crippen molar-refractivity contribution in [2.75, 3.05) is 0 Å². The van der Waals surface area contributed by atoms with Crippen LogP contribution in [0.5, 0.6) is 0 Å². The monoisotopic (exact) mass is 297 g/mol. The Hall–Kier alpha value is -1.39. The molecule has 19 heavy (non-hydrogen) atoms. The van der Waals surface area contributed by atoms with Gasteiger partial charge in [0.25, 0.3) is 0 Å². The van der Waals surface area contributed by atoms with E-state index in [1.54, 1.807) is 22.9 Å². The molecule has 0 spiro atoms. The number of carbonyl (C=O) groups is 1. The van der Waals surface area contributed by atoms with Gasteiger partial charge in [-0.05, 0) is 32.0 Å². The third-order valence-electron chi connectivity index (χ3n) is 2.64. The predicted molar refractivity (Wildman–Crippen MR) is 74.9 cm³/mol. The highest BCUT2D eigenvalue weighted by atomic mass is 35.5. The molecule has 0 saturated heterocycles. The Bertz CT molecular complexity index is 587. The van der Waals surface area contributed by atoms with E-state index in [1.165, 1.54) is 6.33 Å².